The van der Waals surface area contributed by atoms with Crippen LogP contribution < -0.4 is 10.6 Å². The number of thiazole rings is 1. The van der Waals surface area contributed by atoms with Crippen molar-refractivity contribution >= 4 is 11.3 Å². The van der Waals surface area contributed by atoms with Crippen LogP contribution in [0.25, 0.3) is 11.3 Å². The molecule has 4 heteroatoms. The van der Waals surface area contributed by atoms with E-state index in [0.29, 0.717) is 13.0 Å². The Hall–Kier alpha value is -1.83. The summed E-state index contributed by atoms with van der Waals surface area (Å²) >= 11 is 1.17. The number of benzene rings is 1. The van der Waals surface area contributed by atoms with Crippen LogP contribution in [0.15, 0.2) is 34.4 Å². The van der Waals surface area contributed by atoms with Gasteiger partial charge < -0.3 is 10.7 Å². The fourth-order valence-corrected chi connectivity index (χ4v) is 1.98. The molecule has 0 amide bonds. The van der Waals surface area contributed by atoms with Gasteiger partial charge in [-0.15, -0.1) is 0 Å². The number of aromatic nitrogens is 1. The van der Waals surface area contributed by atoms with Gasteiger partial charge in [0.1, 0.15) is 0 Å². The molecule has 0 fully saturated rings. The SMILES string of the molecule is NCCC#Cc1ccc(-c2csc(=O)[nH]2)cc1. The van der Waals surface area contributed by atoms with Gasteiger partial charge in [-0.05, 0) is 17.7 Å². The molecule has 0 unspecified atom stereocenters. The van der Waals surface area contributed by atoms with E-state index in [-0.39, 0.29) is 4.87 Å². The van der Waals surface area contributed by atoms with Crippen LogP contribution in [0.3, 0.4) is 0 Å². The second-order valence-electron chi connectivity index (χ2n) is 3.48. The van der Waals surface area contributed by atoms with Crippen molar-refractivity contribution in [3.63, 3.8) is 0 Å². The van der Waals surface area contributed by atoms with Crippen molar-refractivity contribution in [2.75, 3.05) is 6.54 Å². The molecule has 1 heterocycles. The third-order valence-corrected chi connectivity index (χ3v) is 2.89. The highest BCUT2D eigenvalue weighted by Gasteiger charge is 1.99. The number of aromatic amines is 1. The van der Waals surface area contributed by atoms with E-state index < -0.39 is 0 Å². The molecule has 1 aromatic carbocycles. The largest absolute Gasteiger partial charge is 0.330 e. The molecule has 0 spiro atoms. The molecule has 3 nitrogen and oxygen atoms in total. The molecular formula is C13H12N2OS. The van der Waals surface area contributed by atoms with E-state index in [9.17, 15) is 4.79 Å². The summed E-state index contributed by atoms with van der Waals surface area (Å²) in [5.41, 5.74) is 8.16. The molecule has 86 valence electrons. The fourth-order valence-electron chi connectivity index (χ4n) is 1.39. The minimum atomic E-state index is -0.0354. The van der Waals surface area contributed by atoms with Gasteiger partial charge in [-0.1, -0.05) is 35.3 Å². The molecule has 0 aliphatic rings. The lowest BCUT2D eigenvalue weighted by molar-refractivity contribution is 1.03. The van der Waals surface area contributed by atoms with E-state index in [1.165, 1.54) is 11.3 Å². The van der Waals surface area contributed by atoms with Gasteiger partial charge in [-0.2, -0.15) is 0 Å². The molecule has 0 saturated heterocycles. The lowest BCUT2D eigenvalue weighted by Gasteiger charge is -1.96. The smallest absolute Gasteiger partial charge is 0.304 e. The molecule has 3 N–H and O–H groups in total. The Balaban J connectivity index is 2.19. The predicted octanol–water partition coefficient (Wildman–Crippen LogP) is 1.80. The lowest BCUT2D eigenvalue weighted by atomic mass is 10.1. The van der Waals surface area contributed by atoms with Crippen LogP contribution in [0.4, 0.5) is 0 Å². The van der Waals surface area contributed by atoms with Crippen LogP contribution in [0.2, 0.25) is 0 Å². The first-order valence-electron chi connectivity index (χ1n) is 5.27. The second kappa shape index (κ2) is 5.48. The number of nitrogens with one attached hydrogen (secondary N) is 1. The van der Waals surface area contributed by atoms with Gasteiger partial charge >= 0.3 is 4.87 Å². The first-order chi connectivity index (χ1) is 8.29. The summed E-state index contributed by atoms with van der Waals surface area (Å²) in [6.07, 6.45) is 0.708. The van der Waals surface area contributed by atoms with Gasteiger partial charge in [-0.25, -0.2) is 0 Å². The molecule has 2 rings (SSSR count). The van der Waals surface area contributed by atoms with Crippen molar-refractivity contribution in [1.29, 1.82) is 0 Å². The quantitative estimate of drug-likeness (QED) is 0.791. The van der Waals surface area contributed by atoms with Gasteiger partial charge in [0.2, 0.25) is 0 Å². The van der Waals surface area contributed by atoms with E-state index in [1.807, 2.05) is 29.6 Å². The molecule has 0 bridgehead atoms. The van der Waals surface area contributed by atoms with E-state index in [4.69, 9.17) is 5.73 Å². The van der Waals surface area contributed by atoms with E-state index in [2.05, 4.69) is 16.8 Å². The normalized spacial score (nSPS) is 9.71. The van der Waals surface area contributed by atoms with Crippen LogP contribution in [0, 0.1) is 11.8 Å². The van der Waals surface area contributed by atoms with Gasteiger partial charge in [0.15, 0.2) is 0 Å². The summed E-state index contributed by atoms with van der Waals surface area (Å²) in [4.78, 5) is 13.8. The summed E-state index contributed by atoms with van der Waals surface area (Å²) in [5, 5.41) is 1.82. The zero-order valence-corrected chi connectivity index (χ0v) is 10.0. The number of hydrogen-bond acceptors (Lipinski definition) is 3. The van der Waals surface area contributed by atoms with Gasteiger partial charge in [0.25, 0.3) is 0 Å². The summed E-state index contributed by atoms with van der Waals surface area (Å²) in [6, 6.07) is 7.78. The van der Waals surface area contributed by atoms with Crippen molar-refractivity contribution in [2.24, 2.45) is 5.73 Å². The third kappa shape index (κ3) is 3.06. The highest BCUT2D eigenvalue weighted by molar-refractivity contribution is 7.07. The van der Waals surface area contributed by atoms with Crippen LogP contribution in [0.1, 0.15) is 12.0 Å². The number of H-pyrrole nitrogens is 1. The van der Waals surface area contributed by atoms with Gasteiger partial charge in [0.05, 0.1) is 5.69 Å². The van der Waals surface area contributed by atoms with E-state index in [0.717, 1.165) is 16.8 Å². The minimum Gasteiger partial charge on any atom is -0.330 e. The average Bonchev–Trinajstić information content (AvgIpc) is 2.77. The maximum Gasteiger partial charge on any atom is 0.304 e. The van der Waals surface area contributed by atoms with E-state index >= 15 is 0 Å². The Kier molecular flexibility index (Phi) is 3.76. The monoisotopic (exact) mass is 244 g/mol. The lowest BCUT2D eigenvalue weighted by Crippen LogP contribution is -1.95. The Morgan fingerprint density at radius 2 is 2.06 bits per heavy atom. The molecule has 2 aromatic rings. The Morgan fingerprint density at radius 3 is 2.65 bits per heavy atom. The number of hydrogen-bond donors (Lipinski definition) is 2. The highest BCUT2D eigenvalue weighted by atomic mass is 32.1. The summed E-state index contributed by atoms with van der Waals surface area (Å²) in [7, 11) is 0. The standard InChI is InChI=1S/C13H12N2OS/c14-8-2-1-3-10-4-6-11(7-5-10)12-9-17-13(16)15-12/h4-7,9H,2,8,14H2,(H,15,16). The Labute approximate surface area is 103 Å². The minimum absolute atomic E-state index is 0.0354. The molecule has 1 aromatic heterocycles. The van der Waals surface area contributed by atoms with Crippen LogP contribution in [0.5, 0.6) is 0 Å². The van der Waals surface area contributed by atoms with E-state index in [1.54, 1.807) is 0 Å². The molecule has 0 atom stereocenters. The zero-order valence-electron chi connectivity index (χ0n) is 9.19. The van der Waals surface area contributed by atoms with Crippen molar-refractivity contribution in [1.82, 2.24) is 4.98 Å². The van der Waals surface area contributed by atoms with Crippen LogP contribution >= 0.6 is 11.3 Å². The van der Waals surface area contributed by atoms with Crippen LogP contribution in [-0.4, -0.2) is 11.5 Å². The summed E-state index contributed by atoms with van der Waals surface area (Å²) in [6.45, 7) is 0.585. The Morgan fingerprint density at radius 1 is 1.29 bits per heavy atom. The highest BCUT2D eigenvalue weighted by Crippen LogP contribution is 2.17. The maximum absolute atomic E-state index is 11.0. The molecule has 0 aliphatic heterocycles. The fraction of sp³-hybridized carbons (Fsp3) is 0.154. The van der Waals surface area contributed by atoms with Crippen molar-refractivity contribution in [2.45, 2.75) is 6.42 Å². The average molecular weight is 244 g/mol. The Bertz CT molecular complexity index is 599. The molecule has 0 radical (unpaired) electrons. The number of nitrogens with two attached hydrogens (primary N) is 1. The molecular weight excluding hydrogens is 232 g/mol. The molecule has 17 heavy (non-hydrogen) atoms. The molecule has 0 saturated carbocycles. The van der Waals surface area contributed by atoms with Crippen LogP contribution in [-0.2, 0) is 0 Å². The van der Waals surface area contributed by atoms with Crippen molar-refractivity contribution in [3.05, 3.63) is 44.9 Å². The summed E-state index contributed by atoms with van der Waals surface area (Å²) in [5.74, 6) is 6.01. The third-order valence-electron chi connectivity index (χ3n) is 2.22. The van der Waals surface area contributed by atoms with Gasteiger partial charge in [-0.3, -0.25) is 4.79 Å². The van der Waals surface area contributed by atoms with Crippen molar-refractivity contribution in [3.8, 4) is 23.1 Å². The van der Waals surface area contributed by atoms with Gasteiger partial charge in [0, 0.05) is 23.9 Å². The van der Waals surface area contributed by atoms with Crippen molar-refractivity contribution < 1.29 is 0 Å². The second-order valence-corrected chi connectivity index (χ2v) is 4.32. The number of rotatable bonds is 2. The topological polar surface area (TPSA) is 58.9 Å². The predicted molar refractivity (Wildman–Crippen MR) is 70.9 cm³/mol. The summed E-state index contributed by atoms with van der Waals surface area (Å²) < 4.78 is 0. The first-order valence-corrected chi connectivity index (χ1v) is 6.15. The maximum atomic E-state index is 11.0. The first kappa shape index (κ1) is 11.6. The zero-order chi connectivity index (χ0) is 12.1. The molecule has 0 aliphatic carbocycles.